The predicted octanol–water partition coefficient (Wildman–Crippen LogP) is -5.83. The predicted molar refractivity (Wildman–Crippen MR) is 135 cm³/mol. The maximum absolute atomic E-state index is 2.27. The van der Waals surface area contributed by atoms with Gasteiger partial charge < -0.3 is 49.6 Å². The Morgan fingerprint density at radius 1 is 0.333 bits per heavy atom. The van der Waals surface area contributed by atoms with E-state index in [4.69, 9.17) is 0 Å². The van der Waals surface area contributed by atoms with E-state index in [-0.39, 0.29) is 114 Å². The summed E-state index contributed by atoms with van der Waals surface area (Å²) in [5, 5.41) is 4.44. The molecule has 0 atom stereocenters. The van der Waals surface area contributed by atoms with Crippen molar-refractivity contribution in [1.82, 2.24) is 0 Å². The van der Waals surface area contributed by atoms with Crippen LogP contribution < -0.4 is 65.5 Å². The number of benzene rings is 3. The molecule has 9 heteroatoms. The molecule has 2 radical (unpaired) electrons. The SMILES string of the molecule is CP(C)c1ccccc1.CP(C)c1ccccc1.CP(C)c1ccccc1.[Cl-].[Cl-].[Cl-].[Cl-].[Re].[Re]. The molecule has 3 aromatic rings. The van der Waals surface area contributed by atoms with Crippen molar-refractivity contribution >= 4 is 39.7 Å². The van der Waals surface area contributed by atoms with Crippen molar-refractivity contribution in [3.05, 3.63) is 91.0 Å². The fraction of sp³-hybridized carbons (Fsp3) is 0.250. The van der Waals surface area contributed by atoms with Gasteiger partial charge in [-0.25, -0.2) is 0 Å². The molecule has 0 aromatic heterocycles. The van der Waals surface area contributed by atoms with Gasteiger partial charge in [-0.3, -0.25) is 0 Å². The van der Waals surface area contributed by atoms with Crippen LogP contribution in [-0.4, -0.2) is 40.0 Å². The van der Waals surface area contributed by atoms with Crippen molar-refractivity contribution in [2.45, 2.75) is 0 Å². The van der Waals surface area contributed by atoms with Gasteiger partial charge in [0.1, 0.15) is 0 Å². The average Bonchev–Trinajstić information content (AvgIpc) is 2.71. The van der Waals surface area contributed by atoms with Gasteiger partial charge in [-0.1, -0.05) is 115 Å². The van der Waals surface area contributed by atoms with E-state index >= 15 is 0 Å². The van der Waals surface area contributed by atoms with E-state index in [2.05, 4.69) is 131 Å². The number of hydrogen-bond donors (Lipinski definition) is 0. The number of halogens is 4. The van der Waals surface area contributed by atoms with Crippen LogP contribution in [0.15, 0.2) is 91.0 Å². The maximum atomic E-state index is 2.27. The zero-order valence-corrected chi connectivity index (χ0v) is 30.9. The normalized spacial score (nSPS) is 8.27. The van der Waals surface area contributed by atoms with Crippen LogP contribution in [0.2, 0.25) is 0 Å². The summed E-state index contributed by atoms with van der Waals surface area (Å²) in [6.07, 6.45) is 0. The van der Waals surface area contributed by atoms with Gasteiger partial charge in [0, 0.05) is 40.8 Å². The van der Waals surface area contributed by atoms with E-state index in [0.717, 1.165) is 0 Å². The summed E-state index contributed by atoms with van der Waals surface area (Å²) in [6, 6.07) is 31.9. The largest absolute Gasteiger partial charge is 1.00 e. The minimum Gasteiger partial charge on any atom is -1.00 e. The van der Waals surface area contributed by atoms with Crippen LogP contribution in [0.4, 0.5) is 0 Å². The first kappa shape index (κ1) is 47.6. The fourth-order valence-electron chi connectivity index (χ4n) is 2.18. The van der Waals surface area contributed by atoms with Crippen LogP contribution in [0, 0.1) is 0 Å². The Labute approximate surface area is 258 Å². The molecule has 190 valence electrons. The van der Waals surface area contributed by atoms with Crippen LogP contribution in [0.25, 0.3) is 0 Å². The van der Waals surface area contributed by atoms with E-state index in [0.29, 0.717) is 0 Å². The third-order valence-corrected chi connectivity index (χ3v) is 7.81. The summed E-state index contributed by atoms with van der Waals surface area (Å²) in [7, 11) is 0.313. The van der Waals surface area contributed by atoms with Gasteiger partial charge in [0.05, 0.1) is 0 Å². The minimum atomic E-state index is 0. The first-order valence-electron chi connectivity index (χ1n) is 9.09. The third-order valence-electron chi connectivity index (χ3n) is 3.82. The summed E-state index contributed by atoms with van der Waals surface area (Å²) in [6.45, 7) is 13.6. The Morgan fingerprint density at radius 3 is 0.576 bits per heavy atom. The van der Waals surface area contributed by atoms with Crippen LogP contribution in [0.3, 0.4) is 0 Å². The van der Waals surface area contributed by atoms with Crippen LogP contribution in [0.1, 0.15) is 0 Å². The first-order valence-corrected chi connectivity index (χ1v) is 15.8. The quantitative estimate of drug-likeness (QED) is 0.230. The van der Waals surface area contributed by atoms with Crippen molar-refractivity contribution in [2.24, 2.45) is 0 Å². The molecule has 0 aliphatic carbocycles. The standard InChI is InChI=1S/3C8H11P.4ClH.2Re/c3*1-9(2)8-6-4-3-5-7-8;;;;;;/h3*3-7H,1-2H3;4*1H;;/p-4. The van der Waals surface area contributed by atoms with Gasteiger partial charge in [0.15, 0.2) is 0 Å². The van der Waals surface area contributed by atoms with Gasteiger partial charge in [0.2, 0.25) is 0 Å². The maximum Gasteiger partial charge on any atom is 0 e. The molecule has 0 amide bonds. The Morgan fingerprint density at radius 2 is 0.485 bits per heavy atom. The van der Waals surface area contributed by atoms with Crippen molar-refractivity contribution in [3.63, 3.8) is 0 Å². The molecule has 0 saturated carbocycles. The van der Waals surface area contributed by atoms with Crippen LogP contribution >= 0.6 is 23.8 Å². The van der Waals surface area contributed by atoms with Gasteiger partial charge in [0.25, 0.3) is 0 Å². The molecule has 0 aliphatic rings. The molecule has 0 N–H and O–H groups in total. The molecule has 33 heavy (non-hydrogen) atoms. The summed E-state index contributed by atoms with van der Waals surface area (Å²) in [5.41, 5.74) is 0. The number of hydrogen-bond acceptors (Lipinski definition) is 0. The van der Waals surface area contributed by atoms with E-state index < -0.39 is 0 Å². The summed E-state index contributed by atoms with van der Waals surface area (Å²) >= 11 is 0. The molecule has 0 nitrogen and oxygen atoms in total. The molecule has 0 fully saturated rings. The van der Waals surface area contributed by atoms with Gasteiger partial charge >= 0.3 is 0 Å². The van der Waals surface area contributed by atoms with Crippen LogP contribution in [0.5, 0.6) is 0 Å². The molecule has 0 spiro atoms. The fourth-order valence-corrected chi connectivity index (χ4v) is 4.48. The molecule has 3 rings (SSSR count). The summed E-state index contributed by atoms with van der Waals surface area (Å²) in [5.74, 6) is 0. The van der Waals surface area contributed by atoms with Crippen molar-refractivity contribution in [2.75, 3.05) is 40.0 Å². The summed E-state index contributed by atoms with van der Waals surface area (Å²) in [4.78, 5) is 0. The average molecular weight is 929 g/mol. The molecular weight excluding hydrogens is 895 g/mol. The smallest absolute Gasteiger partial charge is 0 e. The Balaban J connectivity index is -0.0000000759. The van der Waals surface area contributed by atoms with Crippen molar-refractivity contribution < 1.29 is 90.5 Å². The molecule has 0 unspecified atom stereocenters. The number of rotatable bonds is 3. The third kappa shape index (κ3) is 23.6. The minimum absolute atomic E-state index is 0. The van der Waals surface area contributed by atoms with Gasteiger partial charge in [-0.2, -0.15) is 0 Å². The Bertz CT molecular complexity index is 633. The van der Waals surface area contributed by atoms with Gasteiger partial charge in [-0.15, -0.1) is 0 Å². The molecule has 0 heterocycles. The second-order valence-corrected chi connectivity index (χ2v) is 13.6. The molecule has 3 aromatic carbocycles. The first-order chi connectivity index (χ1) is 12.9. The van der Waals surface area contributed by atoms with E-state index in [1.807, 2.05) is 0 Å². The molecule has 0 aliphatic heterocycles. The second kappa shape index (κ2) is 29.7. The molecule has 0 bridgehead atoms. The Kier molecular flexibility index (Phi) is 42.8. The molecular formula is C24H33Cl4P3Re2-4. The van der Waals surface area contributed by atoms with Gasteiger partial charge in [-0.05, 0) is 55.9 Å². The summed E-state index contributed by atoms with van der Waals surface area (Å²) < 4.78 is 0. The van der Waals surface area contributed by atoms with E-state index in [1.165, 1.54) is 15.9 Å². The van der Waals surface area contributed by atoms with E-state index in [9.17, 15) is 0 Å². The second-order valence-electron chi connectivity index (χ2n) is 6.69. The van der Waals surface area contributed by atoms with Crippen LogP contribution in [-0.2, 0) is 40.8 Å². The Hall–Kier alpha value is 1.43. The van der Waals surface area contributed by atoms with Crippen molar-refractivity contribution in [1.29, 1.82) is 0 Å². The van der Waals surface area contributed by atoms with E-state index in [1.54, 1.807) is 0 Å². The zero-order chi connectivity index (χ0) is 20.1. The zero-order valence-electron chi connectivity index (χ0n) is 19.8. The molecule has 0 saturated heterocycles. The van der Waals surface area contributed by atoms with Crippen molar-refractivity contribution in [3.8, 4) is 0 Å². The monoisotopic (exact) mass is 928 g/mol. The topological polar surface area (TPSA) is 0 Å².